The number of nitrogens with one attached hydrogen (secondary N) is 1. The Balaban J connectivity index is 1.84. The Labute approximate surface area is 107 Å². The van der Waals surface area contributed by atoms with E-state index < -0.39 is 0 Å². The van der Waals surface area contributed by atoms with Gasteiger partial charge < -0.3 is 5.73 Å². The molecule has 2 aliphatic rings. The van der Waals surface area contributed by atoms with Gasteiger partial charge in [-0.15, -0.1) is 10.2 Å². The van der Waals surface area contributed by atoms with Crippen LogP contribution in [0.3, 0.4) is 0 Å². The summed E-state index contributed by atoms with van der Waals surface area (Å²) in [6, 6.07) is 0. The Morgan fingerprint density at radius 2 is 2.39 bits per heavy atom. The number of nitrogens with two attached hydrogens (primary N) is 1. The second-order valence-electron chi connectivity index (χ2n) is 6.24. The first kappa shape index (κ1) is 11.8. The lowest BCUT2D eigenvalue weighted by Gasteiger charge is -2.58. The first-order chi connectivity index (χ1) is 8.62. The molecule has 1 fully saturated rings. The number of aromatic nitrogens is 4. The maximum atomic E-state index is 6.07. The summed E-state index contributed by atoms with van der Waals surface area (Å²) in [6.45, 7) is 5.33. The molecule has 0 aromatic carbocycles. The second kappa shape index (κ2) is 3.88. The minimum Gasteiger partial charge on any atom is -0.330 e. The van der Waals surface area contributed by atoms with Gasteiger partial charge in [-0.3, -0.25) is 0 Å². The van der Waals surface area contributed by atoms with Crippen LogP contribution in [-0.2, 0) is 6.42 Å². The molecule has 98 valence electrons. The monoisotopic (exact) mass is 247 g/mol. The van der Waals surface area contributed by atoms with Crippen molar-refractivity contribution in [3.8, 4) is 0 Å². The lowest BCUT2D eigenvalue weighted by atomic mass is 9.46. The van der Waals surface area contributed by atoms with Gasteiger partial charge in [0.1, 0.15) is 0 Å². The Morgan fingerprint density at radius 3 is 3.00 bits per heavy atom. The molecule has 1 heterocycles. The van der Waals surface area contributed by atoms with Crippen LogP contribution in [0.5, 0.6) is 0 Å². The van der Waals surface area contributed by atoms with Crippen LogP contribution >= 0.6 is 0 Å². The van der Waals surface area contributed by atoms with Gasteiger partial charge in [0, 0.05) is 6.42 Å². The van der Waals surface area contributed by atoms with Crippen LogP contribution in [0.15, 0.2) is 11.6 Å². The maximum Gasteiger partial charge on any atom is 0.175 e. The van der Waals surface area contributed by atoms with Crippen molar-refractivity contribution in [3.63, 3.8) is 0 Å². The van der Waals surface area contributed by atoms with E-state index in [2.05, 4.69) is 40.5 Å². The number of H-pyrrole nitrogens is 1. The van der Waals surface area contributed by atoms with Crippen LogP contribution in [0.2, 0.25) is 0 Å². The van der Waals surface area contributed by atoms with Crippen molar-refractivity contribution >= 4 is 0 Å². The standard InChI is InChI=1S/C13H21N5/c1-3-9-4-10-12(2,5-9)7-13(10,8-14)6-11-15-17-18-16-11/h4,10H,3,5-8,14H2,1-2H3,(H,15,16,17,18)/t10-,12-,13+/m1/s1. The fraction of sp³-hybridized carbons (Fsp3) is 0.769. The molecule has 0 radical (unpaired) electrons. The van der Waals surface area contributed by atoms with E-state index in [0.717, 1.165) is 18.7 Å². The highest BCUT2D eigenvalue weighted by Crippen LogP contribution is 2.66. The molecule has 0 bridgehead atoms. The topological polar surface area (TPSA) is 80.5 Å². The molecular weight excluding hydrogens is 226 g/mol. The summed E-state index contributed by atoms with van der Waals surface area (Å²) in [5, 5.41) is 14.3. The van der Waals surface area contributed by atoms with E-state index in [4.69, 9.17) is 5.73 Å². The number of rotatable bonds is 4. The van der Waals surface area contributed by atoms with E-state index in [-0.39, 0.29) is 5.41 Å². The lowest BCUT2D eigenvalue weighted by Crippen LogP contribution is -2.57. The van der Waals surface area contributed by atoms with Gasteiger partial charge in [-0.05, 0) is 42.6 Å². The van der Waals surface area contributed by atoms with Gasteiger partial charge in [-0.25, -0.2) is 0 Å². The second-order valence-corrected chi connectivity index (χ2v) is 6.24. The molecule has 1 aromatic heterocycles. The van der Waals surface area contributed by atoms with Gasteiger partial charge in [0.2, 0.25) is 0 Å². The third-order valence-corrected chi connectivity index (χ3v) is 4.96. The van der Waals surface area contributed by atoms with Crippen LogP contribution in [-0.4, -0.2) is 27.2 Å². The predicted octanol–water partition coefficient (Wildman–Crippen LogP) is 1.45. The lowest BCUT2D eigenvalue weighted by molar-refractivity contribution is -0.0711. The quantitative estimate of drug-likeness (QED) is 0.789. The molecule has 1 aromatic rings. The van der Waals surface area contributed by atoms with Gasteiger partial charge in [-0.2, -0.15) is 5.21 Å². The van der Waals surface area contributed by atoms with E-state index >= 15 is 0 Å². The number of aromatic amines is 1. The SMILES string of the molecule is CCC1=C[C@@H]2[C@](C)(C1)C[C@]2(CN)Cc1nn[nH]n1. The predicted molar refractivity (Wildman–Crippen MR) is 68.6 cm³/mol. The molecule has 0 unspecified atom stereocenters. The highest BCUT2D eigenvalue weighted by molar-refractivity contribution is 5.28. The highest BCUT2D eigenvalue weighted by Gasteiger charge is 2.61. The molecule has 3 rings (SSSR count). The smallest absolute Gasteiger partial charge is 0.175 e. The number of allylic oxidation sites excluding steroid dienone is 2. The maximum absolute atomic E-state index is 6.07. The summed E-state index contributed by atoms with van der Waals surface area (Å²) in [5.41, 5.74) is 8.23. The molecule has 1 saturated carbocycles. The van der Waals surface area contributed by atoms with Crippen LogP contribution in [0.1, 0.15) is 38.9 Å². The summed E-state index contributed by atoms with van der Waals surface area (Å²) < 4.78 is 0. The Bertz CT molecular complexity index is 466. The third kappa shape index (κ3) is 1.53. The average Bonchev–Trinajstić information content (AvgIpc) is 2.94. The van der Waals surface area contributed by atoms with Gasteiger partial charge in [-0.1, -0.05) is 30.7 Å². The van der Waals surface area contributed by atoms with E-state index in [0.29, 0.717) is 17.9 Å². The number of tetrazole rings is 1. The first-order valence-electron chi connectivity index (χ1n) is 6.74. The largest absolute Gasteiger partial charge is 0.330 e. The van der Waals surface area contributed by atoms with Crippen LogP contribution in [0, 0.1) is 16.7 Å². The molecule has 0 aliphatic heterocycles. The number of fused-ring (bicyclic) bond motifs is 1. The summed E-state index contributed by atoms with van der Waals surface area (Å²) in [4.78, 5) is 0. The van der Waals surface area contributed by atoms with E-state index in [1.54, 1.807) is 5.57 Å². The van der Waals surface area contributed by atoms with E-state index in [1.807, 2.05) is 0 Å². The molecule has 18 heavy (non-hydrogen) atoms. The zero-order valence-electron chi connectivity index (χ0n) is 11.1. The Morgan fingerprint density at radius 1 is 1.56 bits per heavy atom. The summed E-state index contributed by atoms with van der Waals surface area (Å²) in [6.07, 6.45) is 6.89. The molecule has 3 N–H and O–H groups in total. The van der Waals surface area contributed by atoms with Crippen LogP contribution in [0.25, 0.3) is 0 Å². The van der Waals surface area contributed by atoms with Gasteiger partial charge in [0.25, 0.3) is 0 Å². The van der Waals surface area contributed by atoms with Crippen molar-refractivity contribution in [2.75, 3.05) is 6.54 Å². The Hall–Kier alpha value is -1.23. The number of hydrogen-bond acceptors (Lipinski definition) is 4. The number of nitrogens with zero attached hydrogens (tertiary/aromatic N) is 3. The molecule has 5 nitrogen and oxygen atoms in total. The minimum atomic E-state index is 0.148. The van der Waals surface area contributed by atoms with Crippen LogP contribution in [0.4, 0.5) is 0 Å². The highest BCUT2D eigenvalue weighted by atomic mass is 15.5. The van der Waals surface area contributed by atoms with E-state index in [9.17, 15) is 0 Å². The van der Waals surface area contributed by atoms with Crippen molar-refractivity contribution in [3.05, 3.63) is 17.5 Å². The van der Waals surface area contributed by atoms with Crippen molar-refractivity contribution in [2.24, 2.45) is 22.5 Å². The van der Waals surface area contributed by atoms with Gasteiger partial charge >= 0.3 is 0 Å². The summed E-state index contributed by atoms with van der Waals surface area (Å²) in [7, 11) is 0. The molecule has 0 saturated heterocycles. The minimum absolute atomic E-state index is 0.148. The van der Waals surface area contributed by atoms with Crippen LogP contribution < -0.4 is 5.73 Å². The fourth-order valence-electron chi connectivity index (χ4n) is 4.25. The first-order valence-corrected chi connectivity index (χ1v) is 6.74. The fourth-order valence-corrected chi connectivity index (χ4v) is 4.25. The van der Waals surface area contributed by atoms with Crippen molar-refractivity contribution in [1.29, 1.82) is 0 Å². The summed E-state index contributed by atoms with van der Waals surface area (Å²) >= 11 is 0. The number of hydrogen-bond donors (Lipinski definition) is 2. The molecular formula is C13H21N5. The van der Waals surface area contributed by atoms with E-state index in [1.165, 1.54) is 12.8 Å². The third-order valence-electron chi connectivity index (χ3n) is 4.96. The molecule has 3 atom stereocenters. The molecule has 2 aliphatic carbocycles. The molecule has 0 spiro atoms. The molecule has 5 heteroatoms. The van der Waals surface area contributed by atoms with Gasteiger partial charge in [0.15, 0.2) is 5.82 Å². The van der Waals surface area contributed by atoms with Crippen molar-refractivity contribution in [2.45, 2.75) is 39.5 Å². The van der Waals surface area contributed by atoms with Crippen molar-refractivity contribution < 1.29 is 0 Å². The zero-order chi connectivity index (χ0) is 12.8. The summed E-state index contributed by atoms with van der Waals surface area (Å²) in [5.74, 6) is 1.38. The Kier molecular flexibility index (Phi) is 2.55. The zero-order valence-corrected chi connectivity index (χ0v) is 11.1. The molecule has 0 amide bonds. The average molecular weight is 247 g/mol. The normalized spacial score (nSPS) is 38.2. The van der Waals surface area contributed by atoms with Crippen molar-refractivity contribution in [1.82, 2.24) is 20.6 Å². The van der Waals surface area contributed by atoms with Gasteiger partial charge in [0.05, 0.1) is 0 Å².